The van der Waals surface area contributed by atoms with Gasteiger partial charge in [0.2, 0.25) is 0 Å². The van der Waals surface area contributed by atoms with Gasteiger partial charge in [0.15, 0.2) is 0 Å². The summed E-state index contributed by atoms with van der Waals surface area (Å²) in [6.45, 7) is 6.55. The number of fused-ring (bicyclic) bond motifs is 4. The van der Waals surface area contributed by atoms with Gasteiger partial charge in [0, 0.05) is 0 Å². The van der Waals surface area contributed by atoms with Crippen LogP contribution in [0, 0.1) is 20.8 Å². The Bertz CT molecular complexity index is 1230. The van der Waals surface area contributed by atoms with Crippen molar-refractivity contribution in [1.29, 1.82) is 0 Å². The molecule has 4 aromatic carbocycles. The van der Waals surface area contributed by atoms with Gasteiger partial charge < -0.3 is 0 Å². The van der Waals surface area contributed by atoms with E-state index in [-0.39, 0.29) is 5.41 Å². The summed E-state index contributed by atoms with van der Waals surface area (Å²) in [5, 5.41) is 0. The largest absolute Gasteiger partial charge is 0.0713 e. The van der Waals surface area contributed by atoms with Gasteiger partial charge in [-0.3, -0.25) is 0 Å². The molecule has 0 N–H and O–H groups in total. The van der Waals surface area contributed by atoms with Crippen molar-refractivity contribution in [1.82, 2.24) is 0 Å². The Morgan fingerprint density at radius 2 is 1.03 bits per heavy atom. The van der Waals surface area contributed by atoms with E-state index in [2.05, 4.69) is 99.6 Å². The maximum atomic E-state index is 2.49. The molecule has 4 aromatic rings. The average Bonchev–Trinajstić information content (AvgIpc) is 3.43. The third-order valence-electron chi connectivity index (χ3n) is 6.84. The summed E-state index contributed by atoms with van der Waals surface area (Å²) in [6, 6.07) is 30.3. The maximum absolute atomic E-state index is 2.49. The maximum Gasteiger partial charge on any atom is 0.0713 e. The van der Waals surface area contributed by atoms with E-state index >= 15 is 0 Å². The van der Waals surface area contributed by atoms with Gasteiger partial charge in [-0.05, 0) is 71.7 Å². The van der Waals surface area contributed by atoms with Crippen molar-refractivity contribution in [3.8, 4) is 11.1 Å². The summed E-state index contributed by atoms with van der Waals surface area (Å²) in [6.07, 6.45) is 1.14. The lowest BCUT2D eigenvalue weighted by Gasteiger charge is -2.34. The average molecular weight is 373 g/mol. The molecule has 0 aliphatic heterocycles. The SMILES string of the molecule is Cc1ccc(C2(c3ccc(C)cc3)c3cc(C)ccc3-c3cc4c(cc32)C4)cc1. The minimum Gasteiger partial charge on any atom is -0.0590 e. The van der Waals surface area contributed by atoms with Crippen LogP contribution in [0.5, 0.6) is 0 Å². The molecule has 0 heterocycles. The number of benzene rings is 4. The summed E-state index contributed by atoms with van der Waals surface area (Å²) < 4.78 is 0. The summed E-state index contributed by atoms with van der Waals surface area (Å²) in [7, 11) is 0. The van der Waals surface area contributed by atoms with Crippen LogP contribution in [0.15, 0.2) is 78.9 Å². The summed E-state index contributed by atoms with van der Waals surface area (Å²) in [5.74, 6) is 0. The van der Waals surface area contributed by atoms with Crippen molar-refractivity contribution in [2.24, 2.45) is 0 Å². The predicted molar refractivity (Wildman–Crippen MR) is 121 cm³/mol. The van der Waals surface area contributed by atoms with E-state index in [0.29, 0.717) is 0 Å². The van der Waals surface area contributed by atoms with E-state index in [1.54, 1.807) is 0 Å². The summed E-state index contributed by atoms with van der Waals surface area (Å²) in [5.41, 5.74) is 15.1. The van der Waals surface area contributed by atoms with Crippen LogP contribution in [0.25, 0.3) is 11.1 Å². The molecule has 0 bridgehead atoms. The van der Waals surface area contributed by atoms with Crippen LogP contribution in [-0.2, 0) is 11.8 Å². The summed E-state index contributed by atoms with van der Waals surface area (Å²) in [4.78, 5) is 0. The lowest BCUT2D eigenvalue weighted by molar-refractivity contribution is 0.766. The van der Waals surface area contributed by atoms with E-state index in [9.17, 15) is 0 Å². The first-order chi connectivity index (χ1) is 14.1. The number of hydrogen-bond donors (Lipinski definition) is 0. The Labute approximate surface area is 172 Å². The molecule has 0 fully saturated rings. The van der Waals surface area contributed by atoms with E-state index in [1.165, 1.54) is 61.2 Å². The Hall–Kier alpha value is -3.12. The van der Waals surface area contributed by atoms with Crippen molar-refractivity contribution in [2.45, 2.75) is 32.6 Å². The smallest absolute Gasteiger partial charge is 0.0590 e. The minimum absolute atomic E-state index is 0.254. The zero-order valence-electron chi connectivity index (χ0n) is 17.2. The van der Waals surface area contributed by atoms with Crippen LogP contribution in [0.1, 0.15) is 50.1 Å². The van der Waals surface area contributed by atoms with Crippen molar-refractivity contribution >= 4 is 0 Å². The highest BCUT2D eigenvalue weighted by Gasteiger charge is 2.47. The van der Waals surface area contributed by atoms with Crippen LogP contribution in [0.3, 0.4) is 0 Å². The molecular weight excluding hydrogens is 348 g/mol. The quantitative estimate of drug-likeness (QED) is 0.311. The van der Waals surface area contributed by atoms with Gasteiger partial charge in [0.05, 0.1) is 5.41 Å². The minimum atomic E-state index is -0.254. The van der Waals surface area contributed by atoms with Crippen LogP contribution < -0.4 is 0 Å². The zero-order valence-corrected chi connectivity index (χ0v) is 17.2. The molecule has 29 heavy (non-hydrogen) atoms. The number of hydrogen-bond acceptors (Lipinski definition) is 0. The molecule has 0 amide bonds. The predicted octanol–water partition coefficient (Wildman–Crippen LogP) is 6.88. The molecule has 0 saturated carbocycles. The first-order valence-electron chi connectivity index (χ1n) is 10.5. The highest BCUT2D eigenvalue weighted by Crippen LogP contribution is 2.58. The summed E-state index contributed by atoms with van der Waals surface area (Å²) >= 11 is 0. The number of aryl methyl sites for hydroxylation is 3. The van der Waals surface area contributed by atoms with Crippen LogP contribution in [0.4, 0.5) is 0 Å². The lowest BCUT2D eigenvalue weighted by Crippen LogP contribution is -2.28. The monoisotopic (exact) mass is 372 g/mol. The topological polar surface area (TPSA) is 0 Å². The molecule has 6 rings (SSSR count). The zero-order chi connectivity index (χ0) is 19.8. The Balaban J connectivity index is 1.79. The van der Waals surface area contributed by atoms with E-state index in [0.717, 1.165) is 6.42 Å². The second-order valence-electron chi connectivity index (χ2n) is 8.87. The van der Waals surface area contributed by atoms with Gasteiger partial charge in [-0.2, -0.15) is 0 Å². The van der Waals surface area contributed by atoms with Gasteiger partial charge in [-0.1, -0.05) is 95.6 Å². The van der Waals surface area contributed by atoms with Gasteiger partial charge in [0.25, 0.3) is 0 Å². The standard InChI is InChI=1S/C29H24/c1-18-4-9-23(10-5-18)29(24-11-6-19(2)7-12-24)27-14-20(3)8-13-25(27)26-16-21-15-22(21)17-28(26)29/h4-14,16-17H,15H2,1-3H3. The third kappa shape index (κ3) is 2.26. The van der Waals surface area contributed by atoms with Gasteiger partial charge >= 0.3 is 0 Å². The third-order valence-corrected chi connectivity index (χ3v) is 6.84. The molecule has 0 heteroatoms. The van der Waals surface area contributed by atoms with E-state index < -0.39 is 0 Å². The molecule has 0 atom stereocenters. The molecule has 0 spiro atoms. The number of rotatable bonds is 2. The lowest BCUT2D eigenvalue weighted by atomic mass is 9.67. The van der Waals surface area contributed by atoms with Crippen molar-refractivity contribution in [3.05, 3.63) is 129 Å². The van der Waals surface area contributed by atoms with Crippen LogP contribution in [0.2, 0.25) is 0 Å². The van der Waals surface area contributed by atoms with Crippen molar-refractivity contribution in [2.75, 3.05) is 0 Å². The van der Waals surface area contributed by atoms with Crippen LogP contribution >= 0.6 is 0 Å². The highest BCUT2D eigenvalue weighted by molar-refractivity contribution is 5.88. The molecule has 2 aliphatic rings. The molecule has 2 aliphatic carbocycles. The first-order valence-corrected chi connectivity index (χ1v) is 10.5. The van der Waals surface area contributed by atoms with Crippen LogP contribution in [-0.4, -0.2) is 0 Å². The molecule has 0 radical (unpaired) electrons. The fraction of sp³-hybridized carbons (Fsp3) is 0.172. The normalized spacial score (nSPS) is 14.9. The van der Waals surface area contributed by atoms with Gasteiger partial charge in [-0.25, -0.2) is 0 Å². The Morgan fingerprint density at radius 3 is 1.66 bits per heavy atom. The fourth-order valence-electron chi connectivity index (χ4n) is 5.23. The Morgan fingerprint density at radius 1 is 0.517 bits per heavy atom. The van der Waals surface area contributed by atoms with Crippen molar-refractivity contribution in [3.63, 3.8) is 0 Å². The van der Waals surface area contributed by atoms with Gasteiger partial charge in [-0.15, -0.1) is 0 Å². The second kappa shape index (κ2) is 5.70. The first kappa shape index (κ1) is 16.8. The van der Waals surface area contributed by atoms with Gasteiger partial charge in [0.1, 0.15) is 0 Å². The Kier molecular flexibility index (Phi) is 3.30. The second-order valence-corrected chi connectivity index (χ2v) is 8.87. The van der Waals surface area contributed by atoms with E-state index in [1.807, 2.05) is 0 Å². The van der Waals surface area contributed by atoms with E-state index in [4.69, 9.17) is 0 Å². The molecule has 0 unspecified atom stereocenters. The fourth-order valence-corrected chi connectivity index (χ4v) is 5.23. The molecule has 0 aromatic heterocycles. The highest BCUT2D eigenvalue weighted by atomic mass is 14.5. The molecule has 140 valence electrons. The molecular formula is C29H24. The molecule has 0 saturated heterocycles. The van der Waals surface area contributed by atoms with Crippen molar-refractivity contribution < 1.29 is 0 Å². The molecule has 0 nitrogen and oxygen atoms in total.